The molecule has 3 rings (SSSR count). The molecule has 134 valence electrons. The first-order chi connectivity index (χ1) is 12.1. The van der Waals surface area contributed by atoms with Crippen LogP contribution in [0.2, 0.25) is 0 Å². The molecule has 6 heteroatoms. The van der Waals surface area contributed by atoms with Crippen molar-refractivity contribution in [3.05, 3.63) is 34.6 Å². The zero-order chi connectivity index (χ0) is 17.8. The van der Waals surface area contributed by atoms with Crippen LogP contribution in [0, 0.1) is 0 Å². The highest BCUT2D eigenvalue weighted by molar-refractivity contribution is 8.00. The van der Waals surface area contributed by atoms with Crippen molar-refractivity contribution >= 4 is 28.6 Å². The highest BCUT2D eigenvalue weighted by Gasteiger charge is 2.25. The van der Waals surface area contributed by atoms with E-state index in [0.29, 0.717) is 22.6 Å². The highest BCUT2D eigenvalue weighted by atomic mass is 32.2. The van der Waals surface area contributed by atoms with Crippen LogP contribution in [0.15, 0.2) is 34.2 Å². The number of thioether (sulfide) groups is 1. The summed E-state index contributed by atoms with van der Waals surface area (Å²) in [5.41, 5.74) is 0.714. The molecule has 1 aliphatic rings. The third kappa shape index (κ3) is 3.89. The van der Waals surface area contributed by atoms with Crippen molar-refractivity contribution in [1.82, 2.24) is 14.9 Å². The van der Waals surface area contributed by atoms with E-state index in [1.807, 2.05) is 42.7 Å². The quantitative estimate of drug-likeness (QED) is 0.633. The van der Waals surface area contributed by atoms with Gasteiger partial charge in [0, 0.05) is 12.6 Å². The summed E-state index contributed by atoms with van der Waals surface area (Å²) in [6.07, 6.45) is 5.19. The van der Waals surface area contributed by atoms with E-state index in [4.69, 9.17) is 4.98 Å². The topological polar surface area (TPSA) is 64.0 Å². The molecule has 2 aromatic rings. The Labute approximate surface area is 152 Å². The second-order valence-corrected chi connectivity index (χ2v) is 7.88. The van der Waals surface area contributed by atoms with Crippen LogP contribution in [-0.2, 0) is 4.79 Å². The Kier molecular flexibility index (Phi) is 5.78. The molecule has 0 saturated heterocycles. The summed E-state index contributed by atoms with van der Waals surface area (Å²) in [7, 11) is 0. The zero-order valence-corrected chi connectivity index (χ0v) is 15.6. The van der Waals surface area contributed by atoms with Crippen LogP contribution < -0.4 is 10.9 Å². The third-order valence-electron chi connectivity index (χ3n) is 4.67. The van der Waals surface area contributed by atoms with Gasteiger partial charge in [-0.3, -0.25) is 14.2 Å². The van der Waals surface area contributed by atoms with E-state index >= 15 is 0 Å². The zero-order valence-electron chi connectivity index (χ0n) is 14.8. The van der Waals surface area contributed by atoms with Gasteiger partial charge in [0.25, 0.3) is 5.56 Å². The third-order valence-corrected chi connectivity index (χ3v) is 5.73. The van der Waals surface area contributed by atoms with Crippen molar-refractivity contribution in [3.63, 3.8) is 0 Å². The van der Waals surface area contributed by atoms with Crippen molar-refractivity contribution in [2.75, 3.05) is 6.54 Å². The van der Waals surface area contributed by atoms with Crippen molar-refractivity contribution in [2.24, 2.45) is 0 Å². The molecule has 1 aliphatic carbocycles. The molecule has 1 amide bonds. The lowest BCUT2D eigenvalue weighted by molar-refractivity contribution is -0.120. The standard InChI is InChI=1S/C19H25N3O2S/c1-3-12-20-17(23)13(2)25-19-21-16-11-7-6-10-15(16)18(24)22(19)14-8-4-5-9-14/h6-7,10-11,13-14H,3-5,8-9,12H2,1-2H3,(H,20,23)/t13-/m1/s1. The monoisotopic (exact) mass is 359 g/mol. The lowest BCUT2D eigenvalue weighted by Gasteiger charge is -2.20. The first-order valence-corrected chi connectivity index (χ1v) is 9.95. The van der Waals surface area contributed by atoms with E-state index in [2.05, 4.69) is 5.32 Å². The van der Waals surface area contributed by atoms with Gasteiger partial charge in [0.2, 0.25) is 5.91 Å². The molecular weight excluding hydrogens is 334 g/mol. The summed E-state index contributed by atoms with van der Waals surface area (Å²) in [6, 6.07) is 7.65. The van der Waals surface area contributed by atoms with Gasteiger partial charge in [0.05, 0.1) is 16.2 Å². The number of para-hydroxylation sites is 1. The fourth-order valence-electron chi connectivity index (χ4n) is 3.30. The van der Waals surface area contributed by atoms with Gasteiger partial charge in [0.1, 0.15) is 0 Å². The fraction of sp³-hybridized carbons (Fsp3) is 0.526. The maximum atomic E-state index is 13.1. The molecule has 1 aromatic heterocycles. The Balaban J connectivity index is 1.98. The normalized spacial score (nSPS) is 16.2. The number of hydrogen-bond acceptors (Lipinski definition) is 4. The predicted molar refractivity (Wildman–Crippen MR) is 102 cm³/mol. The number of nitrogens with one attached hydrogen (secondary N) is 1. The van der Waals surface area contributed by atoms with Crippen molar-refractivity contribution in [1.29, 1.82) is 0 Å². The Morgan fingerprint density at radius 2 is 2.08 bits per heavy atom. The molecule has 25 heavy (non-hydrogen) atoms. The van der Waals surface area contributed by atoms with Crippen molar-refractivity contribution in [3.8, 4) is 0 Å². The summed E-state index contributed by atoms with van der Waals surface area (Å²) in [4.78, 5) is 30.0. The van der Waals surface area contributed by atoms with Gasteiger partial charge in [-0.1, -0.05) is 43.7 Å². The highest BCUT2D eigenvalue weighted by Crippen LogP contribution is 2.33. The Bertz CT molecular complexity index is 812. The van der Waals surface area contributed by atoms with Crippen molar-refractivity contribution in [2.45, 2.75) is 62.4 Å². The van der Waals surface area contributed by atoms with Gasteiger partial charge in [-0.15, -0.1) is 0 Å². The number of fused-ring (bicyclic) bond motifs is 1. The summed E-state index contributed by atoms with van der Waals surface area (Å²) < 4.78 is 1.84. The van der Waals surface area contributed by atoms with Gasteiger partial charge in [0.15, 0.2) is 5.16 Å². The lowest BCUT2D eigenvalue weighted by atomic mass is 10.2. The van der Waals surface area contributed by atoms with E-state index in [9.17, 15) is 9.59 Å². The average Bonchev–Trinajstić information content (AvgIpc) is 3.14. The van der Waals surface area contributed by atoms with Crippen LogP contribution in [0.3, 0.4) is 0 Å². The maximum Gasteiger partial charge on any atom is 0.262 e. The minimum Gasteiger partial charge on any atom is -0.355 e. The molecule has 0 bridgehead atoms. The number of hydrogen-bond donors (Lipinski definition) is 1. The van der Waals surface area contributed by atoms with Gasteiger partial charge in [-0.25, -0.2) is 4.98 Å². The maximum absolute atomic E-state index is 13.1. The van der Waals surface area contributed by atoms with Crippen molar-refractivity contribution < 1.29 is 4.79 Å². The van der Waals surface area contributed by atoms with E-state index in [1.54, 1.807) is 0 Å². The van der Waals surface area contributed by atoms with Crippen LogP contribution in [0.1, 0.15) is 52.0 Å². The van der Waals surface area contributed by atoms with Crippen LogP contribution in [-0.4, -0.2) is 27.3 Å². The van der Waals surface area contributed by atoms with Crippen LogP contribution >= 0.6 is 11.8 Å². The minimum absolute atomic E-state index is 0.00719. The first kappa shape index (κ1) is 18.0. The van der Waals surface area contributed by atoms with E-state index < -0.39 is 0 Å². The number of amides is 1. The molecule has 0 spiro atoms. The Hall–Kier alpha value is -1.82. The molecule has 1 N–H and O–H groups in total. The second kappa shape index (κ2) is 8.04. The number of carbonyl (C=O) groups is 1. The molecule has 1 atom stereocenters. The lowest BCUT2D eigenvalue weighted by Crippen LogP contribution is -2.33. The van der Waals surface area contributed by atoms with E-state index in [1.165, 1.54) is 11.8 Å². The summed E-state index contributed by atoms with van der Waals surface area (Å²) >= 11 is 1.38. The number of carbonyl (C=O) groups excluding carboxylic acids is 1. The second-order valence-electron chi connectivity index (χ2n) is 6.58. The largest absolute Gasteiger partial charge is 0.355 e. The molecule has 0 unspecified atom stereocenters. The number of nitrogens with zero attached hydrogens (tertiary/aromatic N) is 2. The Morgan fingerprint density at radius 3 is 2.80 bits per heavy atom. The van der Waals surface area contributed by atoms with Gasteiger partial charge < -0.3 is 5.32 Å². The summed E-state index contributed by atoms with van der Waals surface area (Å²) in [5.74, 6) is -0.00719. The van der Waals surface area contributed by atoms with Gasteiger partial charge in [-0.2, -0.15) is 0 Å². The first-order valence-electron chi connectivity index (χ1n) is 9.07. The molecule has 5 nitrogen and oxygen atoms in total. The molecule has 0 radical (unpaired) electrons. The van der Waals surface area contributed by atoms with Crippen LogP contribution in [0.5, 0.6) is 0 Å². The number of aromatic nitrogens is 2. The molecule has 0 aliphatic heterocycles. The van der Waals surface area contributed by atoms with Gasteiger partial charge >= 0.3 is 0 Å². The molecule has 1 fully saturated rings. The number of rotatable bonds is 6. The molecule has 1 heterocycles. The number of benzene rings is 1. The Morgan fingerprint density at radius 1 is 1.36 bits per heavy atom. The smallest absolute Gasteiger partial charge is 0.262 e. The minimum atomic E-state index is -0.285. The van der Waals surface area contributed by atoms with Crippen LogP contribution in [0.4, 0.5) is 0 Å². The SMILES string of the molecule is CCCNC(=O)[C@@H](C)Sc1nc2ccccc2c(=O)n1C1CCCC1. The fourth-order valence-corrected chi connectivity index (χ4v) is 4.30. The van der Waals surface area contributed by atoms with Gasteiger partial charge in [-0.05, 0) is 38.3 Å². The molecule has 1 saturated carbocycles. The summed E-state index contributed by atoms with van der Waals surface area (Å²) in [5, 5.41) is 3.95. The predicted octanol–water partition coefficient (Wildman–Crippen LogP) is 3.52. The molecular formula is C19H25N3O2S. The summed E-state index contributed by atoms with van der Waals surface area (Å²) in [6.45, 7) is 4.57. The van der Waals surface area contributed by atoms with E-state index in [0.717, 1.165) is 32.1 Å². The van der Waals surface area contributed by atoms with E-state index in [-0.39, 0.29) is 22.8 Å². The van der Waals surface area contributed by atoms with Crippen LogP contribution in [0.25, 0.3) is 10.9 Å². The molecule has 1 aromatic carbocycles. The average molecular weight is 359 g/mol.